The molecule has 1 fully saturated rings. The van der Waals surface area contributed by atoms with E-state index in [1.807, 2.05) is 24.3 Å². The van der Waals surface area contributed by atoms with Crippen molar-refractivity contribution in [2.24, 2.45) is 0 Å². The van der Waals surface area contributed by atoms with Crippen LogP contribution in [-0.4, -0.2) is 30.4 Å². The Morgan fingerprint density at radius 2 is 1.81 bits per heavy atom. The highest BCUT2D eigenvalue weighted by Crippen LogP contribution is 2.35. The van der Waals surface area contributed by atoms with Crippen molar-refractivity contribution in [1.29, 1.82) is 0 Å². The molecule has 0 heterocycles. The summed E-state index contributed by atoms with van der Waals surface area (Å²) in [7, 11) is 0. The van der Waals surface area contributed by atoms with Crippen molar-refractivity contribution in [1.82, 2.24) is 0 Å². The molecule has 3 rings (SSSR count). The Morgan fingerprint density at radius 3 is 2.52 bits per heavy atom. The lowest BCUT2D eigenvalue weighted by Crippen LogP contribution is -2.24. The summed E-state index contributed by atoms with van der Waals surface area (Å²) >= 11 is 5.93. The van der Waals surface area contributed by atoms with E-state index in [-0.39, 0.29) is 12.7 Å². The van der Waals surface area contributed by atoms with Gasteiger partial charge in [0.1, 0.15) is 12.4 Å². The normalized spacial score (nSPS) is 19.6. The van der Waals surface area contributed by atoms with Gasteiger partial charge in [-0.05, 0) is 73.4 Å². The molecule has 0 amide bonds. The second-order valence-corrected chi connectivity index (χ2v) is 7.43. The fourth-order valence-corrected chi connectivity index (χ4v) is 3.69. The third kappa shape index (κ3) is 6.26. The summed E-state index contributed by atoms with van der Waals surface area (Å²) in [4.78, 5) is 10.4. The van der Waals surface area contributed by atoms with Gasteiger partial charge >= 0.3 is 5.97 Å². The fourth-order valence-electron chi connectivity index (χ4n) is 3.57. The van der Waals surface area contributed by atoms with Crippen molar-refractivity contribution in [2.45, 2.75) is 44.1 Å². The van der Waals surface area contributed by atoms with Gasteiger partial charge in [-0.1, -0.05) is 35.9 Å². The number of rotatable bonds is 8. The van der Waals surface area contributed by atoms with Gasteiger partial charge in [0.15, 0.2) is 0 Å². The molecular weight excluding hydrogens is 364 g/mol. The number of benzene rings is 2. The Kier molecular flexibility index (Phi) is 7.13. The molecule has 0 aliphatic heterocycles. The molecule has 5 heteroatoms. The highest BCUT2D eigenvalue weighted by atomic mass is 35.5. The number of halogens is 1. The largest absolute Gasteiger partial charge is 0.490 e. The van der Waals surface area contributed by atoms with Crippen LogP contribution in [0.5, 0.6) is 5.75 Å². The van der Waals surface area contributed by atoms with Crippen LogP contribution in [0.4, 0.5) is 0 Å². The zero-order valence-electron chi connectivity index (χ0n) is 15.3. The van der Waals surface area contributed by atoms with Crippen LogP contribution in [0.15, 0.2) is 48.5 Å². The van der Waals surface area contributed by atoms with Crippen LogP contribution >= 0.6 is 11.6 Å². The SMILES string of the molecule is O=C(O)COCCc1ccc(C2CCCC(Oc3ccc(Cl)cc3)C2)cc1. The van der Waals surface area contributed by atoms with E-state index in [1.54, 1.807) is 0 Å². The van der Waals surface area contributed by atoms with Gasteiger partial charge < -0.3 is 14.6 Å². The Labute approximate surface area is 165 Å². The minimum absolute atomic E-state index is 0.231. The standard InChI is InChI=1S/C22H25ClO4/c23-19-8-10-20(11-9-19)27-21-3-1-2-18(14-21)17-6-4-16(5-7-17)12-13-26-15-22(24)25/h4-11,18,21H,1-3,12-15H2,(H,24,25). The van der Waals surface area contributed by atoms with Crippen molar-refractivity contribution >= 4 is 17.6 Å². The van der Waals surface area contributed by atoms with Crippen LogP contribution in [-0.2, 0) is 16.0 Å². The van der Waals surface area contributed by atoms with E-state index in [0.717, 1.165) is 42.0 Å². The smallest absolute Gasteiger partial charge is 0.329 e. The fraction of sp³-hybridized carbons (Fsp3) is 0.409. The van der Waals surface area contributed by atoms with Gasteiger partial charge in [0.25, 0.3) is 0 Å². The van der Waals surface area contributed by atoms with E-state index >= 15 is 0 Å². The maximum atomic E-state index is 10.4. The molecule has 2 unspecified atom stereocenters. The molecule has 0 bridgehead atoms. The summed E-state index contributed by atoms with van der Waals surface area (Å²) in [6.07, 6.45) is 5.39. The van der Waals surface area contributed by atoms with Gasteiger partial charge in [-0.25, -0.2) is 4.79 Å². The predicted octanol–water partition coefficient (Wildman–Crippen LogP) is 5.09. The lowest BCUT2D eigenvalue weighted by atomic mass is 9.82. The molecule has 1 saturated carbocycles. The molecule has 144 valence electrons. The van der Waals surface area contributed by atoms with E-state index in [1.165, 1.54) is 12.0 Å². The molecule has 2 atom stereocenters. The van der Waals surface area contributed by atoms with Crippen molar-refractivity contribution in [2.75, 3.05) is 13.2 Å². The lowest BCUT2D eigenvalue weighted by Gasteiger charge is -2.30. The first kappa shape index (κ1) is 19.7. The molecular formula is C22H25ClO4. The van der Waals surface area contributed by atoms with Crippen LogP contribution in [0.3, 0.4) is 0 Å². The van der Waals surface area contributed by atoms with Crippen LogP contribution in [0.1, 0.15) is 42.7 Å². The van der Waals surface area contributed by atoms with Crippen molar-refractivity contribution in [3.63, 3.8) is 0 Å². The average Bonchev–Trinajstić information content (AvgIpc) is 2.68. The number of carboxylic acids is 1. The van der Waals surface area contributed by atoms with Crippen LogP contribution < -0.4 is 4.74 Å². The van der Waals surface area contributed by atoms with Gasteiger partial charge in [-0.3, -0.25) is 0 Å². The van der Waals surface area contributed by atoms with Crippen molar-refractivity contribution in [3.8, 4) is 5.75 Å². The third-order valence-electron chi connectivity index (χ3n) is 4.95. The van der Waals surface area contributed by atoms with Crippen molar-refractivity contribution in [3.05, 3.63) is 64.7 Å². The molecule has 0 saturated heterocycles. The Balaban J connectivity index is 1.51. The highest BCUT2D eigenvalue weighted by molar-refractivity contribution is 6.30. The minimum atomic E-state index is -0.932. The number of ether oxygens (including phenoxy) is 2. The average molecular weight is 389 g/mol. The van der Waals surface area contributed by atoms with Crippen LogP contribution in [0.25, 0.3) is 0 Å². The molecule has 0 aromatic heterocycles. The Hall–Kier alpha value is -2.04. The molecule has 1 N–H and O–H groups in total. The quantitative estimate of drug-likeness (QED) is 0.640. The monoisotopic (exact) mass is 388 g/mol. The second-order valence-electron chi connectivity index (χ2n) is 7.00. The number of aliphatic carboxylic acids is 1. The van der Waals surface area contributed by atoms with E-state index < -0.39 is 5.97 Å². The van der Waals surface area contributed by atoms with Crippen molar-refractivity contribution < 1.29 is 19.4 Å². The highest BCUT2D eigenvalue weighted by Gasteiger charge is 2.24. The van der Waals surface area contributed by atoms with Gasteiger partial charge in [0.05, 0.1) is 12.7 Å². The van der Waals surface area contributed by atoms with Gasteiger partial charge in [0, 0.05) is 5.02 Å². The molecule has 2 aromatic rings. The summed E-state index contributed by atoms with van der Waals surface area (Å²) in [5, 5.41) is 9.30. The maximum absolute atomic E-state index is 10.4. The van der Waals surface area contributed by atoms with E-state index in [2.05, 4.69) is 24.3 Å². The van der Waals surface area contributed by atoms with E-state index in [9.17, 15) is 4.79 Å². The van der Waals surface area contributed by atoms with Gasteiger partial charge in [0.2, 0.25) is 0 Å². The molecule has 0 radical (unpaired) electrons. The first-order chi connectivity index (χ1) is 13.1. The molecule has 2 aromatic carbocycles. The Morgan fingerprint density at radius 1 is 1.07 bits per heavy atom. The molecule has 4 nitrogen and oxygen atoms in total. The van der Waals surface area contributed by atoms with E-state index in [0.29, 0.717) is 12.5 Å². The zero-order valence-corrected chi connectivity index (χ0v) is 16.0. The Bertz CT molecular complexity index is 727. The maximum Gasteiger partial charge on any atom is 0.329 e. The number of carboxylic acid groups (broad SMARTS) is 1. The topological polar surface area (TPSA) is 55.8 Å². The zero-order chi connectivity index (χ0) is 19.1. The molecule has 27 heavy (non-hydrogen) atoms. The number of carbonyl (C=O) groups is 1. The van der Waals surface area contributed by atoms with E-state index in [4.69, 9.17) is 26.2 Å². The first-order valence-electron chi connectivity index (χ1n) is 9.41. The second kappa shape index (κ2) is 9.77. The minimum Gasteiger partial charge on any atom is -0.490 e. The third-order valence-corrected chi connectivity index (χ3v) is 5.21. The predicted molar refractivity (Wildman–Crippen MR) is 106 cm³/mol. The first-order valence-corrected chi connectivity index (χ1v) is 9.78. The molecule has 1 aliphatic rings. The van der Waals surface area contributed by atoms with Gasteiger partial charge in [-0.15, -0.1) is 0 Å². The summed E-state index contributed by atoms with van der Waals surface area (Å²) in [5.74, 6) is 0.452. The van der Waals surface area contributed by atoms with Gasteiger partial charge in [-0.2, -0.15) is 0 Å². The van der Waals surface area contributed by atoms with Crippen LogP contribution in [0, 0.1) is 0 Å². The summed E-state index contributed by atoms with van der Waals surface area (Å²) in [6.45, 7) is 0.182. The lowest BCUT2D eigenvalue weighted by molar-refractivity contribution is -0.142. The molecule has 1 aliphatic carbocycles. The summed E-state index contributed by atoms with van der Waals surface area (Å²) in [6, 6.07) is 16.2. The number of hydrogen-bond acceptors (Lipinski definition) is 3. The summed E-state index contributed by atoms with van der Waals surface area (Å²) < 4.78 is 11.2. The number of hydrogen-bond donors (Lipinski definition) is 1. The molecule has 0 spiro atoms. The van der Waals surface area contributed by atoms with Crippen LogP contribution in [0.2, 0.25) is 5.02 Å². The summed E-state index contributed by atoms with van der Waals surface area (Å²) in [5.41, 5.74) is 2.50.